The number of amides is 2. The lowest BCUT2D eigenvalue weighted by atomic mass is 10.0. The number of rotatable bonds is 11. The second kappa shape index (κ2) is 12.5. The van der Waals surface area contributed by atoms with E-state index in [0.29, 0.717) is 18.0 Å². The molecular formula is C28H30BrN3O6S. The third kappa shape index (κ3) is 7.30. The van der Waals surface area contributed by atoms with Gasteiger partial charge in [0.1, 0.15) is 12.6 Å². The van der Waals surface area contributed by atoms with Crippen molar-refractivity contribution < 1.29 is 27.5 Å². The van der Waals surface area contributed by atoms with Crippen LogP contribution in [0.4, 0.5) is 5.69 Å². The number of hydrogen-bond acceptors (Lipinski definition) is 6. The van der Waals surface area contributed by atoms with E-state index in [0.717, 1.165) is 26.2 Å². The van der Waals surface area contributed by atoms with Gasteiger partial charge in [0.25, 0.3) is 0 Å². The number of nitrogens with one attached hydrogen (secondary N) is 1. The quantitative estimate of drug-likeness (QED) is 0.352. The molecule has 0 unspecified atom stereocenters. The predicted octanol–water partition coefficient (Wildman–Crippen LogP) is 3.72. The Hall–Kier alpha value is -3.57. The number of nitrogens with zero attached hydrogens (tertiary/aromatic N) is 2. The first-order valence-electron chi connectivity index (χ1n) is 12.4. The Morgan fingerprint density at radius 3 is 2.38 bits per heavy atom. The molecule has 0 radical (unpaired) electrons. The molecule has 0 spiro atoms. The Bertz CT molecular complexity index is 1430. The maximum absolute atomic E-state index is 14.0. The lowest BCUT2D eigenvalue weighted by Gasteiger charge is -2.33. The summed E-state index contributed by atoms with van der Waals surface area (Å²) in [6.45, 7) is 1.83. The molecule has 3 aromatic rings. The van der Waals surface area contributed by atoms with Crippen LogP contribution in [0, 0.1) is 0 Å². The Morgan fingerprint density at radius 1 is 0.974 bits per heavy atom. The topological polar surface area (TPSA) is 105 Å². The minimum atomic E-state index is -3.88. The molecule has 1 heterocycles. The van der Waals surface area contributed by atoms with Crippen LogP contribution in [0.1, 0.15) is 18.1 Å². The maximum atomic E-state index is 14.0. The minimum absolute atomic E-state index is 0.0325. The van der Waals surface area contributed by atoms with Gasteiger partial charge in [-0.25, -0.2) is 8.42 Å². The van der Waals surface area contributed by atoms with E-state index in [2.05, 4.69) is 21.2 Å². The van der Waals surface area contributed by atoms with Crippen molar-refractivity contribution in [3.63, 3.8) is 0 Å². The number of carbonyl (C=O) groups is 2. The number of ether oxygens (including phenoxy) is 2. The van der Waals surface area contributed by atoms with Crippen LogP contribution < -0.4 is 19.1 Å². The highest BCUT2D eigenvalue weighted by Crippen LogP contribution is 2.36. The van der Waals surface area contributed by atoms with Crippen molar-refractivity contribution in [2.24, 2.45) is 0 Å². The molecule has 2 amide bonds. The van der Waals surface area contributed by atoms with Gasteiger partial charge in [0.05, 0.1) is 11.9 Å². The molecule has 0 saturated heterocycles. The molecule has 9 nitrogen and oxygen atoms in total. The SMILES string of the molecule is CCNC(=O)[C@H](Cc1ccccc1)N(Cc1cccc(Br)c1)C(=O)CN(c1ccc2c(c1)OCO2)S(C)(=O)=O. The van der Waals surface area contributed by atoms with E-state index in [9.17, 15) is 18.0 Å². The van der Waals surface area contributed by atoms with Crippen molar-refractivity contribution in [3.05, 3.63) is 88.4 Å². The maximum Gasteiger partial charge on any atom is 0.244 e. The van der Waals surface area contributed by atoms with Gasteiger partial charge in [-0.3, -0.25) is 13.9 Å². The first kappa shape index (κ1) is 28.4. The van der Waals surface area contributed by atoms with E-state index in [4.69, 9.17) is 9.47 Å². The summed E-state index contributed by atoms with van der Waals surface area (Å²) in [6.07, 6.45) is 1.30. The van der Waals surface area contributed by atoms with Crippen molar-refractivity contribution in [2.75, 3.05) is 30.4 Å². The Balaban J connectivity index is 1.72. The van der Waals surface area contributed by atoms with Crippen LogP contribution in [-0.2, 0) is 32.6 Å². The van der Waals surface area contributed by atoms with Gasteiger partial charge >= 0.3 is 0 Å². The predicted molar refractivity (Wildman–Crippen MR) is 152 cm³/mol. The van der Waals surface area contributed by atoms with Crippen LogP contribution in [0.5, 0.6) is 11.5 Å². The standard InChI is InChI=1S/C28H30BrN3O6S/c1-3-30-28(34)24(15-20-8-5-4-6-9-20)31(17-21-10-7-11-22(29)14-21)27(33)18-32(39(2,35)36)23-12-13-25-26(16-23)38-19-37-25/h4-14,16,24H,3,15,17-19H2,1-2H3,(H,30,34)/t24-/m0/s1. The molecule has 206 valence electrons. The minimum Gasteiger partial charge on any atom is -0.454 e. The molecule has 0 aliphatic carbocycles. The van der Waals surface area contributed by atoms with Gasteiger partial charge in [-0.2, -0.15) is 0 Å². The Labute approximate surface area is 236 Å². The molecule has 1 N–H and O–H groups in total. The van der Waals surface area contributed by atoms with Gasteiger partial charge in [0, 0.05) is 30.0 Å². The zero-order valence-electron chi connectivity index (χ0n) is 21.7. The van der Waals surface area contributed by atoms with E-state index in [1.165, 1.54) is 11.0 Å². The van der Waals surface area contributed by atoms with Crippen molar-refractivity contribution in [2.45, 2.75) is 25.9 Å². The van der Waals surface area contributed by atoms with Gasteiger partial charge in [-0.05, 0) is 42.3 Å². The molecule has 39 heavy (non-hydrogen) atoms. The van der Waals surface area contributed by atoms with Gasteiger partial charge in [-0.15, -0.1) is 0 Å². The number of likely N-dealkylation sites (N-methyl/N-ethyl adjacent to an activating group) is 1. The van der Waals surface area contributed by atoms with E-state index in [1.54, 1.807) is 12.1 Å². The molecule has 0 saturated carbocycles. The van der Waals surface area contributed by atoms with Gasteiger partial charge < -0.3 is 19.7 Å². The van der Waals surface area contributed by atoms with E-state index in [-0.39, 0.29) is 31.4 Å². The van der Waals surface area contributed by atoms with Gasteiger partial charge in [0.15, 0.2) is 11.5 Å². The number of fused-ring (bicyclic) bond motifs is 1. The first-order valence-corrected chi connectivity index (χ1v) is 15.0. The van der Waals surface area contributed by atoms with Crippen molar-refractivity contribution in [1.29, 1.82) is 0 Å². The summed E-state index contributed by atoms with van der Waals surface area (Å²) in [7, 11) is -3.88. The highest BCUT2D eigenvalue weighted by atomic mass is 79.9. The zero-order chi connectivity index (χ0) is 28.0. The van der Waals surface area contributed by atoms with Crippen LogP contribution in [0.15, 0.2) is 77.3 Å². The largest absolute Gasteiger partial charge is 0.454 e. The molecule has 11 heteroatoms. The summed E-state index contributed by atoms with van der Waals surface area (Å²) < 4.78 is 38.4. The van der Waals surface area contributed by atoms with Crippen LogP contribution in [0.2, 0.25) is 0 Å². The monoisotopic (exact) mass is 615 g/mol. The summed E-state index contributed by atoms with van der Waals surface area (Å²) in [6, 6.07) is 20.7. The van der Waals surface area contributed by atoms with E-state index < -0.39 is 28.5 Å². The molecule has 1 aliphatic heterocycles. The smallest absolute Gasteiger partial charge is 0.244 e. The Morgan fingerprint density at radius 2 is 1.69 bits per heavy atom. The van der Waals surface area contributed by atoms with E-state index >= 15 is 0 Å². The van der Waals surface area contributed by atoms with Crippen molar-refractivity contribution in [3.8, 4) is 11.5 Å². The molecular weight excluding hydrogens is 586 g/mol. The third-order valence-electron chi connectivity index (χ3n) is 6.19. The van der Waals surface area contributed by atoms with Crippen molar-refractivity contribution >= 4 is 43.5 Å². The molecule has 4 rings (SSSR count). The second-order valence-electron chi connectivity index (χ2n) is 9.06. The van der Waals surface area contributed by atoms with Gasteiger partial charge in [-0.1, -0.05) is 58.4 Å². The Kier molecular flexibility index (Phi) is 9.13. The fourth-order valence-electron chi connectivity index (χ4n) is 4.33. The average molecular weight is 617 g/mol. The molecule has 1 aliphatic rings. The number of anilines is 1. The number of sulfonamides is 1. The highest BCUT2D eigenvalue weighted by Gasteiger charge is 2.33. The molecule has 3 aromatic carbocycles. The summed E-state index contributed by atoms with van der Waals surface area (Å²) >= 11 is 3.46. The molecule has 0 bridgehead atoms. The summed E-state index contributed by atoms with van der Waals surface area (Å²) in [4.78, 5) is 28.8. The van der Waals surface area contributed by atoms with Crippen LogP contribution in [0.3, 0.4) is 0 Å². The average Bonchev–Trinajstić information content (AvgIpc) is 3.37. The number of benzene rings is 3. The highest BCUT2D eigenvalue weighted by molar-refractivity contribution is 9.10. The van der Waals surface area contributed by atoms with Crippen LogP contribution >= 0.6 is 15.9 Å². The zero-order valence-corrected chi connectivity index (χ0v) is 24.1. The fraction of sp³-hybridized carbons (Fsp3) is 0.286. The summed E-state index contributed by atoms with van der Waals surface area (Å²) in [5.74, 6) is 0.0433. The van der Waals surface area contributed by atoms with Crippen molar-refractivity contribution in [1.82, 2.24) is 10.2 Å². The summed E-state index contributed by atoms with van der Waals surface area (Å²) in [5.41, 5.74) is 1.92. The van der Waals surface area contributed by atoms with Crippen LogP contribution in [-0.4, -0.2) is 57.3 Å². The van der Waals surface area contributed by atoms with Gasteiger partial charge in [0.2, 0.25) is 28.6 Å². The second-order valence-corrected chi connectivity index (χ2v) is 11.9. The third-order valence-corrected chi connectivity index (χ3v) is 7.82. The normalized spacial score (nSPS) is 13.0. The lowest BCUT2D eigenvalue weighted by Crippen LogP contribution is -2.53. The van der Waals surface area contributed by atoms with Crippen LogP contribution in [0.25, 0.3) is 0 Å². The molecule has 0 fully saturated rings. The molecule has 1 atom stereocenters. The fourth-order valence-corrected chi connectivity index (χ4v) is 5.62. The summed E-state index contributed by atoms with van der Waals surface area (Å²) in [5, 5.41) is 2.84. The number of hydrogen-bond donors (Lipinski definition) is 1. The first-order chi connectivity index (χ1) is 18.7. The number of halogens is 1. The molecule has 0 aromatic heterocycles. The number of carbonyl (C=O) groups excluding carboxylic acids is 2. The van der Waals surface area contributed by atoms with E-state index in [1.807, 2.05) is 61.5 Å². The lowest BCUT2D eigenvalue weighted by molar-refractivity contribution is -0.140.